The molecule has 0 N–H and O–H groups in total. The summed E-state index contributed by atoms with van der Waals surface area (Å²) in [7, 11) is 0. The van der Waals surface area contributed by atoms with Crippen molar-refractivity contribution < 1.29 is 0 Å². The smallest absolute Gasteiger partial charge is 0.123 e. The molecule has 1 saturated heterocycles. The largest absolute Gasteiger partial charge is 0.329 e. The first-order valence-electron chi connectivity index (χ1n) is 7.60. The number of aryl methyl sites for hydroxylation is 1. The summed E-state index contributed by atoms with van der Waals surface area (Å²) in [6.45, 7) is 6.53. The minimum Gasteiger partial charge on any atom is -0.329 e. The molecule has 0 amide bonds. The second-order valence-corrected chi connectivity index (χ2v) is 5.73. The molecule has 3 heteroatoms. The molecule has 0 atom stereocenters. The lowest BCUT2D eigenvalue weighted by Gasteiger charge is -2.26. The van der Waals surface area contributed by atoms with E-state index in [1.807, 2.05) is 6.20 Å². The quantitative estimate of drug-likeness (QED) is 0.849. The molecule has 2 aromatic rings. The molecule has 3 nitrogen and oxygen atoms in total. The third kappa shape index (κ3) is 3.10. The van der Waals surface area contributed by atoms with Gasteiger partial charge in [0, 0.05) is 18.9 Å². The molecule has 1 fully saturated rings. The minimum absolute atomic E-state index is 0.926. The Morgan fingerprint density at radius 2 is 1.85 bits per heavy atom. The van der Waals surface area contributed by atoms with Crippen molar-refractivity contribution in [2.75, 3.05) is 13.1 Å². The Morgan fingerprint density at radius 3 is 2.65 bits per heavy atom. The van der Waals surface area contributed by atoms with Gasteiger partial charge in [0.1, 0.15) is 5.82 Å². The van der Waals surface area contributed by atoms with Crippen molar-refractivity contribution in [3.05, 3.63) is 53.6 Å². The number of piperidine rings is 1. The van der Waals surface area contributed by atoms with Crippen LogP contribution in [0.2, 0.25) is 0 Å². The average molecular weight is 269 g/mol. The summed E-state index contributed by atoms with van der Waals surface area (Å²) in [5.41, 5.74) is 2.73. The molecule has 3 rings (SSSR count). The predicted octanol–water partition coefficient (Wildman–Crippen LogP) is 3.23. The molecule has 0 spiro atoms. The average Bonchev–Trinajstić information content (AvgIpc) is 2.90. The third-order valence-electron chi connectivity index (χ3n) is 4.22. The summed E-state index contributed by atoms with van der Waals surface area (Å²) >= 11 is 0. The summed E-state index contributed by atoms with van der Waals surface area (Å²) in [4.78, 5) is 7.09. The van der Waals surface area contributed by atoms with E-state index in [9.17, 15) is 0 Å². The molecule has 1 aromatic carbocycles. The van der Waals surface area contributed by atoms with Crippen molar-refractivity contribution >= 4 is 0 Å². The van der Waals surface area contributed by atoms with E-state index in [0.717, 1.165) is 13.1 Å². The van der Waals surface area contributed by atoms with Crippen LogP contribution in [-0.2, 0) is 13.1 Å². The Hall–Kier alpha value is -1.61. The van der Waals surface area contributed by atoms with Crippen LogP contribution in [0, 0.1) is 6.92 Å². The molecular formula is C17H23N3. The van der Waals surface area contributed by atoms with E-state index in [1.54, 1.807) is 0 Å². The Labute approximate surface area is 121 Å². The van der Waals surface area contributed by atoms with Crippen LogP contribution in [0.1, 0.15) is 36.2 Å². The van der Waals surface area contributed by atoms with Gasteiger partial charge in [-0.2, -0.15) is 0 Å². The van der Waals surface area contributed by atoms with Crippen molar-refractivity contribution in [2.45, 2.75) is 39.3 Å². The number of rotatable bonds is 4. The molecule has 1 aliphatic rings. The Morgan fingerprint density at radius 1 is 1.05 bits per heavy atom. The molecule has 0 bridgehead atoms. The van der Waals surface area contributed by atoms with Crippen LogP contribution in [0.5, 0.6) is 0 Å². The fourth-order valence-corrected chi connectivity index (χ4v) is 2.92. The van der Waals surface area contributed by atoms with Crippen LogP contribution >= 0.6 is 0 Å². The van der Waals surface area contributed by atoms with Gasteiger partial charge in [0.15, 0.2) is 0 Å². The van der Waals surface area contributed by atoms with Crippen molar-refractivity contribution in [3.63, 3.8) is 0 Å². The van der Waals surface area contributed by atoms with Gasteiger partial charge < -0.3 is 4.57 Å². The molecule has 20 heavy (non-hydrogen) atoms. The predicted molar refractivity (Wildman–Crippen MR) is 81.6 cm³/mol. The topological polar surface area (TPSA) is 21.1 Å². The first kappa shape index (κ1) is 13.4. The lowest BCUT2D eigenvalue weighted by Crippen LogP contribution is -2.30. The Bertz CT molecular complexity index is 553. The van der Waals surface area contributed by atoms with Crippen LogP contribution in [0.4, 0.5) is 0 Å². The lowest BCUT2D eigenvalue weighted by atomic mass is 10.1. The van der Waals surface area contributed by atoms with E-state index in [4.69, 9.17) is 0 Å². The SMILES string of the molecule is Cc1ccccc1Cn1ccnc1CN1CCCCC1. The molecule has 0 unspecified atom stereocenters. The number of benzene rings is 1. The van der Waals surface area contributed by atoms with Crippen molar-refractivity contribution in [1.82, 2.24) is 14.5 Å². The first-order valence-corrected chi connectivity index (χ1v) is 7.60. The number of imidazole rings is 1. The van der Waals surface area contributed by atoms with Gasteiger partial charge in [-0.1, -0.05) is 30.7 Å². The van der Waals surface area contributed by atoms with Gasteiger partial charge in [-0.05, 0) is 44.0 Å². The number of nitrogens with zero attached hydrogens (tertiary/aromatic N) is 3. The molecule has 0 saturated carbocycles. The fourth-order valence-electron chi connectivity index (χ4n) is 2.92. The van der Waals surface area contributed by atoms with E-state index in [2.05, 4.69) is 51.8 Å². The summed E-state index contributed by atoms with van der Waals surface area (Å²) < 4.78 is 2.29. The highest BCUT2D eigenvalue weighted by atomic mass is 15.2. The van der Waals surface area contributed by atoms with E-state index < -0.39 is 0 Å². The van der Waals surface area contributed by atoms with Gasteiger partial charge in [0.2, 0.25) is 0 Å². The Balaban J connectivity index is 1.71. The van der Waals surface area contributed by atoms with E-state index in [0.29, 0.717) is 0 Å². The van der Waals surface area contributed by atoms with Gasteiger partial charge >= 0.3 is 0 Å². The van der Waals surface area contributed by atoms with Crippen LogP contribution < -0.4 is 0 Å². The summed E-state index contributed by atoms with van der Waals surface area (Å²) in [5, 5.41) is 0. The van der Waals surface area contributed by atoms with Crippen molar-refractivity contribution in [1.29, 1.82) is 0 Å². The van der Waals surface area contributed by atoms with Gasteiger partial charge in [-0.15, -0.1) is 0 Å². The molecule has 0 radical (unpaired) electrons. The zero-order valence-electron chi connectivity index (χ0n) is 12.3. The van der Waals surface area contributed by atoms with E-state index >= 15 is 0 Å². The maximum Gasteiger partial charge on any atom is 0.123 e. The van der Waals surface area contributed by atoms with Gasteiger partial charge in [-0.25, -0.2) is 4.98 Å². The van der Waals surface area contributed by atoms with E-state index in [1.165, 1.54) is 49.3 Å². The van der Waals surface area contributed by atoms with Gasteiger partial charge in [0.25, 0.3) is 0 Å². The standard InChI is InChI=1S/C17H23N3/c1-15-7-3-4-8-16(15)13-20-12-9-18-17(20)14-19-10-5-2-6-11-19/h3-4,7-9,12H,2,5-6,10-11,13-14H2,1H3. The zero-order valence-corrected chi connectivity index (χ0v) is 12.3. The highest BCUT2D eigenvalue weighted by molar-refractivity contribution is 5.26. The normalized spacial score (nSPS) is 16.4. The Kier molecular flexibility index (Phi) is 4.16. The van der Waals surface area contributed by atoms with Crippen LogP contribution in [0.25, 0.3) is 0 Å². The summed E-state index contributed by atoms with van der Waals surface area (Å²) in [6.07, 6.45) is 8.08. The van der Waals surface area contributed by atoms with Crippen LogP contribution in [0.3, 0.4) is 0 Å². The summed E-state index contributed by atoms with van der Waals surface area (Å²) in [6, 6.07) is 8.60. The lowest BCUT2D eigenvalue weighted by molar-refractivity contribution is 0.213. The van der Waals surface area contributed by atoms with Crippen molar-refractivity contribution in [2.24, 2.45) is 0 Å². The zero-order chi connectivity index (χ0) is 13.8. The fraction of sp³-hybridized carbons (Fsp3) is 0.471. The summed E-state index contributed by atoms with van der Waals surface area (Å²) in [5.74, 6) is 1.19. The van der Waals surface area contributed by atoms with Gasteiger partial charge in [-0.3, -0.25) is 4.90 Å². The molecule has 0 aliphatic carbocycles. The molecule has 1 aliphatic heterocycles. The number of hydrogen-bond donors (Lipinski definition) is 0. The minimum atomic E-state index is 0.926. The highest BCUT2D eigenvalue weighted by Crippen LogP contribution is 2.14. The number of likely N-dealkylation sites (tertiary alicyclic amines) is 1. The monoisotopic (exact) mass is 269 g/mol. The number of hydrogen-bond acceptors (Lipinski definition) is 2. The third-order valence-corrected chi connectivity index (χ3v) is 4.22. The molecule has 2 heterocycles. The van der Waals surface area contributed by atoms with Crippen LogP contribution in [0.15, 0.2) is 36.7 Å². The van der Waals surface area contributed by atoms with Gasteiger partial charge in [0.05, 0.1) is 6.54 Å². The molecular weight excluding hydrogens is 246 g/mol. The second-order valence-electron chi connectivity index (χ2n) is 5.73. The molecule has 106 valence electrons. The van der Waals surface area contributed by atoms with Crippen LogP contribution in [-0.4, -0.2) is 27.5 Å². The molecule has 1 aromatic heterocycles. The highest BCUT2D eigenvalue weighted by Gasteiger charge is 2.13. The second kappa shape index (κ2) is 6.23. The maximum atomic E-state index is 4.56. The van der Waals surface area contributed by atoms with E-state index in [-0.39, 0.29) is 0 Å². The number of aromatic nitrogens is 2. The first-order chi connectivity index (χ1) is 9.83. The van der Waals surface area contributed by atoms with Crippen molar-refractivity contribution in [3.8, 4) is 0 Å². The maximum absolute atomic E-state index is 4.56.